The van der Waals surface area contributed by atoms with Crippen molar-refractivity contribution in [2.75, 3.05) is 20.6 Å². The minimum Gasteiger partial charge on any atom is -0.490 e. The molecule has 0 aliphatic heterocycles. The van der Waals surface area contributed by atoms with Gasteiger partial charge in [0.05, 0.1) is 0 Å². The van der Waals surface area contributed by atoms with E-state index in [0.29, 0.717) is 6.10 Å². The van der Waals surface area contributed by atoms with Gasteiger partial charge >= 0.3 is 0 Å². The summed E-state index contributed by atoms with van der Waals surface area (Å²) in [5, 5.41) is 0. The van der Waals surface area contributed by atoms with E-state index >= 15 is 0 Å². The van der Waals surface area contributed by atoms with Gasteiger partial charge in [-0.2, -0.15) is 0 Å². The Morgan fingerprint density at radius 1 is 1.29 bits per heavy atom. The van der Waals surface area contributed by atoms with Crippen LogP contribution in [-0.2, 0) is 0 Å². The van der Waals surface area contributed by atoms with Crippen molar-refractivity contribution in [1.29, 1.82) is 0 Å². The number of nitrogens with zero attached hydrogens (tertiary/aromatic N) is 1. The van der Waals surface area contributed by atoms with Crippen molar-refractivity contribution in [3.05, 3.63) is 24.3 Å². The molecule has 17 heavy (non-hydrogen) atoms. The summed E-state index contributed by atoms with van der Waals surface area (Å²) in [6.07, 6.45) is 4.13. The molecule has 1 unspecified atom stereocenters. The van der Waals surface area contributed by atoms with Crippen LogP contribution in [0.15, 0.2) is 29.2 Å². The molecule has 1 aromatic rings. The highest BCUT2D eigenvalue weighted by Crippen LogP contribution is 2.36. The van der Waals surface area contributed by atoms with E-state index in [1.807, 2.05) is 24.3 Å². The fourth-order valence-corrected chi connectivity index (χ4v) is 2.09. The van der Waals surface area contributed by atoms with Gasteiger partial charge < -0.3 is 9.64 Å². The summed E-state index contributed by atoms with van der Waals surface area (Å²) in [5.41, 5.74) is 0. The molecule has 1 fully saturated rings. The second kappa shape index (κ2) is 5.78. The molecular weight excluding hydrogens is 230 g/mol. The van der Waals surface area contributed by atoms with Gasteiger partial charge in [-0.25, -0.2) is 0 Å². The Bertz CT molecular complexity index is 346. The van der Waals surface area contributed by atoms with Crippen LogP contribution in [0.4, 0.5) is 0 Å². The first kappa shape index (κ1) is 12.8. The lowest BCUT2D eigenvalue weighted by molar-refractivity contribution is 0.155. The lowest BCUT2D eigenvalue weighted by atomic mass is 10.1. The highest BCUT2D eigenvalue weighted by atomic mass is 32.1. The minimum atomic E-state index is 0.378. The zero-order chi connectivity index (χ0) is 12.3. The topological polar surface area (TPSA) is 12.5 Å². The monoisotopic (exact) mass is 251 g/mol. The second-order valence-corrected chi connectivity index (χ2v) is 5.60. The van der Waals surface area contributed by atoms with Gasteiger partial charge in [0.2, 0.25) is 0 Å². The smallest absolute Gasteiger partial charge is 0.119 e. The van der Waals surface area contributed by atoms with Crippen LogP contribution in [0.25, 0.3) is 0 Å². The summed E-state index contributed by atoms with van der Waals surface area (Å²) in [5.74, 6) is 1.74. The zero-order valence-corrected chi connectivity index (χ0v) is 11.5. The number of hydrogen-bond acceptors (Lipinski definition) is 3. The maximum atomic E-state index is 6.08. The van der Waals surface area contributed by atoms with Crippen LogP contribution in [-0.4, -0.2) is 31.6 Å². The molecule has 0 spiro atoms. The van der Waals surface area contributed by atoms with Crippen molar-refractivity contribution in [1.82, 2.24) is 4.90 Å². The average molecular weight is 251 g/mol. The predicted molar refractivity (Wildman–Crippen MR) is 74.0 cm³/mol. The van der Waals surface area contributed by atoms with Gasteiger partial charge in [-0.1, -0.05) is 0 Å². The van der Waals surface area contributed by atoms with Crippen LogP contribution in [0.5, 0.6) is 5.75 Å². The van der Waals surface area contributed by atoms with E-state index < -0.39 is 0 Å². The first-order valence-corrected chi connectivity index (χ1v) is 6.70. The third-order valence-electron chi connectivity index (χ3n) is 3.13. The Morgan fingerprint density at radius 3 is 2.47 bits per heavy atom. The normalized spacial score (nSPS) is 17.2. The number of ether oxygens (including phenoxy) is 1. The Labute approximate surface area is 109 Å². The Morgan fingerprint density at radius 2 is 1.94 bits per heavy atom. The molecule has 0 saturated heterocycles. The van der Waals surface area contributed by atoms with E-state index in [1.165, 1.54) is 12.8 Å². The van der Waals surface area contributed by atoms with Gasteiger partial charge in [0.15, 0.2) is 0 Å². The fraction of sp³-hybridized carbons (Fsp3) is 0.571. The molecule has 0 bridgehead atoms. The molecule has 0 radical (unpaired) electrons. The van der Waals surface area contributed by atoms with Crippen molar-refractivity contribution in [2.24, 2.45) is 5.92 Å². The molecule has 0 aromatic heterocycles. The average Bonchev–Trinajstić information content (AvgIpc) is 3.10. The Balaban J connectivity index is 1.90. The van der Waals surface area contributed by atoms with Crippen LogP contribution < -0.4 is 4.74 Å². The van der Waals surface area contributed by atoms with Gasteiger partial charge in [-0.05, 0) is 63.5 Å². The van der Waals surface area contributed by atoms with E-state index in [9.17, 15) is 0 Å². The van der Waals surface area contributed by atoms with Crippen molar-refractivity contribution in [3.8, 4) is 5.75 Å². The molecule has 2 nitrogen and oxygen atoms in total. The predicted octanol–water partition coefficient (Wildman–Crippen LogP) is 3.08. The molecule has 3 heteroatoms. The van der Waals surface area contributed by atoms with Crippen LogP contribution in [0.1, 0.15) is 19.3 Å². The molecule has 1 aliphatic carbocycles. The van der Waals surface area contributed by atoms with Crippen LogP contribution in [0.2, 0.25) is 0 Å². The number of benzene rings is 1. The first-order chi connectivity index (χ1) is 8.15. The summed E-state index contributed by atoms with van der Waals surface area (Å²) in [7, 11) is 4.22. The van der Waals surface area contributed by atoms with Crippen molar-refractivity contribution < 1.29 is 4.74 Å². The molecule has 94 valence electrons. The number of hydrogen-bond donors (Lipinski definition) is 1. The van der Waals surface area contributed by atoms with E-state index in [-0.39, 0.29) is 0 Å². The van der Waals surface area contributed by atoms with E-state index in [4.69, 9.17) is 4.74 Å². The van der Waals surface area contributed by atoms with E-state index in [0.717, 1.165) is 29.5 Å². The molecule has 0 N–H and O–H groups in total. The number of rotatable bonds is 6. The first-order valence-electron chi connectivity index (χ1n) is 6.25. The second-order valence-electron chi connectivity index (χ2n) is 5.08. The van der Waals surface area contributed by atoms with E-state index in [1.54, 1.807) is 0 Å². The van der Waals surface area contributed by atoms with Crippen molar-refractivity contribution >= 4 is 12.6 Å². The maximum absolute atomic E-state index is 6.08. The molecule has 1 saturated carbocycles. The quantitative estimate of drug-likeness (QED) is 0.780. The molecule has 1 aliphatic rings. The Kier molecular flexibility index (Phi) is 4.35. The Hall–Kier alpha value is -0.670. The lowest BCUT2D eigenvalue weighted by Crippen LogP contribution is -2.25. The van der Waals surface area contributed by atoms with Crippen LogP contribution >= 0.6 is 12.6 Å². The van der Waals surface area contributed by atoms with Gasteiger partial charge in [0.25, 0.3) is 0 Å². The third-order valence-corrected chi connectivity index (χ3v) is 3.43. The number of thiol groups is 1. The van der Waals surface area contributed by atoms with Gasteiger partial charge in [0, 0.05) is 11.4 Å². The summed E-state index contributed by atoms with van der Waals surface area (Å²) < 4.78 is 6.08. The van der Waals surface area contributed by atoms with Gasteiger partial charge in [-0.3, -0.25) is 0 Å². The molecule has 0 amide bonds. The summed E-state index contributed by atoms with van der Waals surface area (Å²) in [6, 6.07) is 7.98. The minimum absolute atomic E-state index is 0.378. The maximum Gasteiger partial charge on any atom is 0.119 e. The molecule has 0 heterocycles. The van der Waals surface area contributed by atoms with Crippen molar-refractivity contribution in [3.63, 3.8) is 0 Å². The highest BCUT2D eigenvalue weighted by Gasteiger charge is 2.32. The lowest BCUT2D eigenvalue weighted by Gasteiger charge is -2.20. The zero-order valence-electron chi connectivity index (χ0n) is 10.6. The molecule has 2 rings (SSSR count). The van der Waals surface area contributed by atoms with Crippen LogP contribution in [0, 0.1) is 5.92 Å². The summed E-state index contributed by atoms with van der Waals surface area (Å²) >= 11 is 4.28. The molecular formula is C14H21NOS. The van der Waals surface area contributed by atoms with E-state index in [2.05, 4.69) is 31.6 Å². The summed E-state index contributed by atoms with van der Waals surface area (Å²) in [4.78, 5) is 3.20. The third kappa shape index (κ3) is 4.25. The van der Waals surface area contributed by atoms with Crippen molar-refractivity contribution in [2.45, 2.75) is 30.3 Å². The molecule has 1 aromatic carbocycles. The fourth-order valence-electron chi connectivity index (χ4n) is 1.94. The largest absolute Gasteiger partial charge is 0.490 e. The SMILES string of the molecule is CN(C)CCC(Oc1ccc(S)cc1)C1CC1. The van der Waals surface area contributed by atoms with Gasteiger partial charge in [0.1, 0.15) is 11.9 Å². The van der Waals surface area contributed by atoms with Crippen LogP contribution in [0.3, 0.4) is 0 Å². The summed E-state index contributed by atoms with van der Waals surface area (Å²) in [6.45, 7) is 1.09. The highest BCUT2D eigenvalue weighted by molar-refractivity contribution is 7.80. The standard InChI is InChI=1S/C14H21NOS/c1-15(2)10-9-14(11-3-4-11)16-12-5-7-13(17)8-6-12/h5-8,11,14,17H,3-4,9-10H2,1-2H3. The molecule has 1 atom stereocenters. The van der Waals surface area contributed by atoms with Gasteiger partial charge in [-0.15, -0.1) is 12.6 Å².